The van der Waals surface area contributed by atoms with Crippen molar-refractivity contribution in [3.63, 3.8) is 0 Å². The molecule has 0 aliphatic carbocycles. The van der Waals surface area contributed by atoms with E-state index in [-0.39, 0.29) is 143 Å². The Morgan fingerprint density at radius 1 is 0.205 bits per heavy atom. The Morgan fingerprint density at radius 3 is 0.877 bits per heavy atom. The molecule has 0 unspecified atom stereocenters. The SMILES string of the molecule is C.C.C.C.C.C.CC.CC.CC.CC.CC.CC.CC.CC.CC.CC.CC.CC.Cc1[c-]c(-c2[c-]c(C)ccc2)ccc1.Cc1c[c-]c(-c2[c-]cc(C)cc2)cc1.Cc1cc[c-]c(-c2[c-]ccc(C)c2)c1.Cc1ccc2c(c1)c1ccccc1n2C.Cc1ccc2c(ccc3cc(C)ccc32)c1.Cc1ccc2cc(C)c3ccccc3c2c1.[Y].[Y].[Y]. The van der Waals surface area contributed by atoms with Crippen LogP contribution in [0.2, 0.25) is 0 Å². The summed E-state index contributed by atoms with van der Waals surface area (Å²) in [6.45, 7) is 71.2. The first kappa shape index (κ1) is 141. The Balaban J connectivity index is -0.000000112. The summed E-state index contributed by atoms with van der Waals surface area (Å²) in [5.41, 5.74) is 23.2. The zero-order valence-electron chi connectivity index (χ0n) is 79.4. The minimum Gasteiger partial charge on any atom is -0.344 e. The topological polar surface area (TPSA) is 4.93 Å². The van der Waals surface area contributed by atoms with Gasteiger partial charge in [-0.05, 0) is 101 Å². The standard InChI is InChI=1S/2C16H14.C14H13N.3C14H12.12C2H6.6CH4.3Y/c1-11-3-7-15-13(9-11)5-6-14-10-12(2)4-8-16(14)15;1-11-7-8-13-10-12(2)14-5-3-4-6-15(14)16(13)9-11;1-10-7-8-14-12(9-10)11-5-3-4-6-13(11)15(14)2;1-11-3-7-13(8-4-11)14-9-5-12(2)6-10-14;2*1-11-5-3-7-13(9-11)14-8-4-6-12(2)10-14;12*1-2;;;;;;;;;/h2*3-10H,1-2H3;3-9H,1-2H3;3-7,9H,1-2H3;3-6,9-10H,1-2H3;3-8H,1-2H3;12*1-2H3;6*1H4;;;/q;;;3*-2;;;;;;;;;;;;;;;;;;;;;. The Kier molecular flexibility index (Phi) is 99.9. The zero-order valence-corrected chi connectivity index (χ0v) is 87.9. The molecule has 1 heterocycles. The van der Waals surface area contributed by atoms with Gasteiger partial charge in [0.1, 0.15) is 0 Å². The van der Waals surface area contributed by atoms with Crippen LogP contribution in [0.15, 0.2) is 249 Å². The first-order valence-electron chi connectivity index (χ1n) is 42.7. The molecule has 1 nitrogen and oxygen atoms in total. The molecule has 0 amide bonds. The monoisotopic (exact) mass is 1870 g/mol. The second kappa shape index (κ2) is 86.4. The van der Waals surface area contributed by atoms with E-state index in [1.165, 1.54) is 115 Å². The molecule has 665 valence electrons. The van der Waals surface area contributed by atoms with Crippen molar-refractivity contribution in [1.29, 1.82) is 0 Å². The van der Waals surface area contributed by atoms with Gasteiger partial charge in [-0.3, -0.25) is 0 Å². The van der Waals surface area contributed by atoms with Gasteiger partial charge in [0, 0.05) is 127 Å². The summed E-state index contributed by atoms with van der Waals surface area (Å²) in [4.78, 5) is 0. The zero-order chi connectivity index (χ0) is 86.6. The largest absolute Gasteiger partial charge is 0.344 e. The normalized spacial score (nSPS) is 8.39. The van der Waals surface area contributed by atoms with Gasteiger partial charge in [0.05, 0.1) is 0 Å². The Labute approximate surface area is 832 Å². The van der Waals surface area contributed by atoms with E-state index in [2.05, 4.69) is 349 Å². The Morgan fingerprint density at radius 2 is 0.508 bits per heavy atom. The molecule has 0 N–H and O–H groups in total. The number of para-hydroxylation sites is 1. The second-order valence-corrected chi connectivity index (χ2v) is 23.7. The van der Waals surface area contributed by atoms with Gasteiger partial charge in [-0.25, -0.2) is 33.4 Å². The van der Waals surface area contributed by atoms with Crippen LogP contribution in [0.3, 0.4) is 0 Å². The molecule has 3 radical (unpaired) electrons. The average Bonchev–Trinajstić information content (AvgIpc) is 1.06. The third-order valence-electron chi connectivity index (χ3n) is 16.0. The summed E-state index contributed by atoms with van der Waals surface area (Å²) in [6, 6.07) is 107. The van der Waals surface area contributed by atoms with E-state index >= 15 is 0 Å². The maximum atomic E-state index is 3.32. The number of aryl methyl sites for hydroxylation is 12. The van der Waals surface area contributed by atoms with Gasteiger partial charge in [-0.15, -0.1) is 57.6 Å². The molecule has 0 bridgehead atoms. The molecular weight excluding hydrogens is 1700 g/mol. The summed E-state index contributed by atoms with van der Waals surface area (Å²) >= 11 is 0. The maximum Gasteiger partial charge on any atom is 0.0488 e. The summed E-state index contributed by atoms with van der Waals surface area (Å²) in [7, 11) is 2.12. The van der Waals surface area contributed by atoms with Crippen LogP contribution in [0.25, 0.3) is 98.3 Å². The third kappa shape index (κ3) is 48.1. The summed E-state index contributed by atoms with van der Waals surface area (Å²) in [5, 5.41) is 13.5. The number of fused-ring (bicyclic) bond motifs is 9. The van der Waals surface area contributed by atoms with E-state index in [4.69, 9.17) is 0 Å². The molecular formula is C118H173NY3-6. The molecule has 15 aromatic rings. The van der Waals surface area contributed by atoms with Crippen LogP contribution < -0.4 is 0 Å². The minimum absolute atomic E-state index is 0. The predicted octanol–water partition coefficient (Wildman–Crippen LogP) is 39.7. The summed E-state index contributed by atoms with van der Waals surface area (Å²) in [6.07, 6.45) is 0. The van der Waals surface area contributed by atoms with Gasteiger partial charge in [-0.2, -0.15) is 121 Å². The molecule has 0 saturated carbocycles. The van der Waals surface area contributed by atoms with Gasteiger partial charge in [-0.1, -0.05) is 396 Å². The third-order valence-corrected chi connectivity index (χ3v) is 16.0. The van der Waals surface area contributed by atoms with Crippen molar-refractivity contribution in [1.82, 2.24) is 4.57 Å². The number of benzene rings is 14. The van der Waals surface area contributed by atoms with Crippen LogP contribution in [0.5, 0.6) is 0 Å². The van der Waals surface area contributed by atoms with Gasteiger partial charge in [0.15, 0.2) is 0 Å². The van der Waals surface area contributed by atoms with Gasteiger partial charge in [0.25, 0.3) is 0 Å². The van der Waals surface area contributed by atoms with E-state index in [1.807, 2.05) is 190 Å². The fourth-order valence-electron chi connectivity index (χ4n) is 11.3. The number of rotatable bonds is 3. The molecule has 0 saturated heterocycles. The van der Waals surface area contributed by atoms with Crippen molar-refractivity contribution < 1.29 is 98.1 Å². The van der Waals surface area contributed by atoms with Crippen LogP contribution in [0, 0.1) is 113 Å². The van der Waals surface area contributed by atoms with Crippen LogP contribution in [-0.4, -0.2) is 4.57 Å². The van der Waals surface area contributed by atoms with Crippen molar-refractivity contribution in [2.45, 2.75) is 287 Å². The fourth-order valence-corrected chi connectivity index (χ4v) is 11.3. The fraction of sp³-hybridized carbons (Fsp3) is 0.356. The molecule has 15 rings (SSSR count). The summed E-state index contributed by atoms with van der Waals surface area (Å²) < 4.78 is 2.25. The maximum absolute atomic E-state index is 3.32. The van der Waals surface area contributed by atoms with Crippen LogP contribution in [-0.2, 0) is 105 Å². The Bertz CT molecular complexity index is 4640. The second-order valence-electron chi connectivity index (χ2n) is 23.7. The molecule has 0 fully saturated rings. The van der Waals surface area contributed by atoms with E-state index in [9.17, 15) is 0 Å². The minimum atomic E-state index is 0. The van der Waals surface area contributed by atoms with Crippen molar-refractivity contribution in [3.8, 4) is 33.4 Å². The van der Waals surface area contributed by atoms with Gasteiger partial charge in [0.2, 0.25) is 0 Å². The van der Waals surface area contributed by atoms with Gasteiger partial charge >= 0.3 is 0 Å². The first-order chi connectivity index (χ1) is 55.0. The van der Waals surface area contributed by atoms with Crippen LogP contribution in [0.1, 0.15) is 272 Å². The number of aromatic nitrogens is 1. The molecule has 0 atom stereocenters. The van der Waals surface area contributed by atoms with Gasteiger partial charge < -0.3 is 4.57 Å². The van der Waals surface area contributed by atoms with Crippen molar-refractivity contribution in [2.75, 3.05) is 0 Å². The van der Waals surface area contributed by atoms with E-state index in [0.29, 0.717) is 0 Å². The Hall–Kier alpha value is -6.77. The van der Waals surface area contributed by atoms with E-state index in [1.54, 1.807) is 0 Å². The van der Waals surface area contributed by atoms with Crippen molar-refractivity contribution in [2.24, 2.45) is 7.05 Å². The van der Waals surface area contributed by atoms with Crippen LogP contribution >= 0.6 is 0 Å². The quantitative estimate of drug-likeness (QED) is 0.123. The molecule has 0 spiro atoms. The van der Waals surface area contributed by atoms with Crippen molar-refractivity contribution in [3.05, 3.63) is 346 Å². The molecule has 0 aliphatic heterocycles. The molecule has 0 aliphatic rings. The van der Waals surface area contributed by atoms with E-state index in [0.717, 1.165) is 44.5 Å². The molecule has 4 heteroatoms. The number of hydrogen-bond donors (Lipinski definition) is 0. The molecule has 1 aromatic heterocycles. The molecule has 14 aromatic carbocycles. The number of hydrogen-bond acceptors (Lipinski definition) is 0. The first-order valence-corrected chi connectivity index (χ1v) is 42.7. The number of nitrogens with zero attached hydrogens (tertiary/aromatic N) is 1. The molecule has 122 heavy (non-hydrogen) atoms. The van der Waals surface area contributed by atoms with E-state index < -0.39 is 0 Å². The predicted molar refractivity (Wildman–Crippen MR) is 561 cm³/mol. The van der Waals surface area contributed by atoms with Crippen molar-refractivity contribution >= 4 is 64.9 Å². The van der Waals surface area contributed by atoms with Crippen LogP contribution in [0.4, 0.5) is 0 Å². The smallest absolute Gasteiger partial charge is 0.0488 e. The average molecular weight is 1870 g/mol. The summed E-state index contributed by atoms with van der Waals surface area (Å²) in [5.74, 6) is 0.